The van der Waals surface area contributed by atoms with Crippen LogP contribution in [0, 0.1) is 19.8 Å². The van der Waals surface area contributed by atoms with Crippen molar-refractivity contribution in [1.29, 1.82) is 0 Å². The molecule has 1 saturated carbocycles. The summed E-state index contributed by atoms with van der Waals surface area (Å²) in [5.74, 6) is 0.801. The van der Waals surface area contributed by atoms with Gasteiger partial charge in [0, 0.05) is 6.61 Å². The van der Waals surface area contributed by atoms with Crippen LogP contribution in [-0.2, 0) is 4.74 Å². The van der Waals surface area contributed by atoms with Crippen LogP contribution < -0.4 is 5.73 Å². The van der Waals surface area contributed by atoms with Crippen LogP contribution in [0.1, 0.15) is 62.3 Å². The maximum atomic E-state index is 6.66. The summed E-state index contributed by atoms with van der Waals surface area (Å²) in [7, 11) is 0. The highest BCUT2D eigenvalue weighted by molar-refractivity contribution is 5.34. The van der Waals surface area contributed by atoms with Crippen molar-refractivity contribution in [2.45, 2.75) is 65.0 Å². The average Bonchev–Trinajstić information content (AvgIpc) is 2.41. The number of nitrogens with two attached hydrogens (primary N) is 1. The van der Waals surface area contributed by atoms with Crippen LogP contribution in [-0.4, -0.2) is 12.2 Å². The van der Waals surface area contributed by atoms with E-state index >= 15 is 0 Å². The molecule has 1 atom stereocenters. The molecule has 0 radical (unpaired) electrons. The van der Waals surface area contributed by atoms with Crippen molar-refractivity contribution in [2.24, 2.45) is 11.7 Å². The summed E-state index contributed by atoms with van der Waals surface area (Å²) < 4.78 is 6.20. The molecule has 1 unspecified atom stereocenters. The first kappa shape index (κ1) is 15.5. The van der Waals surface area contributed by atoms with E-state index in [4.69, 9.17) is 10.5 Å². The number of hydrogen-bond donors (Lipinski definition) is 1. The smallest absolute Gasteiger partial charge is 0.0874 e. The molecule has 0 spiro atoms. The number of benzene rings is 1. The minimum absolute atomic E-state index is 0.0180. The molecular weight excluding hydrogens is 246 g/mol. The molecule has 0 saturated heterocycles. The Hall–Kier alpha value is -0.860. The second-order valence-electron chi connectivity index (χ2n) is 6.52. The van der Waals surface area contributed by atoms with Gasteiger partial charge in [-0.3, -0.25) is 0 Å². The van der Waals surface area contributed by atoms with Crippen molar-refractivity contribution < 1.29 is 4.74 Å². The normalized spacial score (nSPS) is 28.4. The van der Waals surface area contributed by atoms with Crippen LogP contribution >= 0.6 is 0 Å². The molecule has 20 heavy (non-hydrogen) atoms. The van der Waals surface area contributed by atoms with Gasteiger partial charge in [0.15, 0.2) is 0 Å². The van der Waals surface area contributed by atoms with Crippen LogP contribution in [0.4, 0.5) is 0 Å². The summed E-state index contributed by atoms with van der Waals surface area (Å²) in [4.78, 5) is 0. The lowest BCUT2D eigenvalue weighted by atomic mass is 9.73. The van der Waals surface area contributed by atoms with E-state index < -0.39 is 0 Å². The molecule has 1 aliphatic rings. The van der Waals surface area contributed by atoms with Gasteiger partial charge in [-0.05, 0) is 63.5 Å². The lowest BCUT2D eigenvalue weighted by Gasteiger charge is -2.44. The number of aryl methyl sites for hydroxylation is 2. The number of hydrogen-bond acceptors (Lipinski definition) is 2. The quantitative estimate of drug-likeness (QED) is 0.889. The molecule has 0 aliphatic heterocycles. The molecule has 2 N–H and O–H groups in total. The second kappa shape index (κ2) is 6.28. The SMILES string of the molecule is CCOC1(C(N)c2ccc(C)cc2C)CCC(C)CC1. The molecule has 2 nitrogen and oxygen atoms in total. The second-order valence-corrected chi connectivity index (χ2v) is 6.52. The van der Waals surface area contributed by atoms with Crippen LogP contribution in [0.15, 0.2) is 18.2 Å². The molecular formula is C18H29NO. The molecule has 0 amide bonds. The van der Waals surface area contributed by atoms with Crippen molar-refractivity contribution in [3.05, 3.63) is 34.9 Å². The first-order valence-corrected chi connectivity index (χ1v) is 7.95. The highest BCUT2D eigenvalue weighted by Crippen LogP contribution is 2.42. The zero-order chi connectivity index (χ0) is 14.8. The van der Waals surface area contributed by atoms with E-state index in [0.29, 0.717) is 0 Å². The molecule has 1 fully saturated rings. The van der Waals surface area contributed by atoms with Crippen molar-refractivity contribution in [2.75, 3.05) is 6.61 Å². The van der Waals surface area contributed by atoms with Crippen molar-refractivity contribution in [3.8, 4) is 0 Å². The van der Waals surface area contributed by atoms with Gasteiger partial charge in [0.25, 0.3) is 0 Å². The Morgan fingerprint density at radius 1 is 1.30 bits per heavy atom. The van der Waals surface area contributed by atoms with Gasteiger partial charge in [-0.2, -0.15) is 0 Å². The Labute approximate surface area is 123 Å². The lowest BCUT2D eigenvalue weighted by Crippen LogP contribution is -2.46. The van der Waals surface area contributed by atoms with Gasteiger partial charge in [0.05, 0.1) is 11.6 Å². The summed E-state index contributed by atoms with van der Waals surface area (Å²) in [6, 6.07) is 6.55. The molecule has 0 aromatic heterocycles. The maximum absolute atomic E-state index is 6.66. The third-order valence-electron chi connectivity index (χ3n) is 4.88. The Bertz CT molecular complexity index is 447. The van der Waals surface area contributed by atoms with Crippen LogP contribution in [0.25, 0.3) is 0 Å². The van der Waals surface area contributed by atoms with Gasteiger partial charge in [0.2, 0.25) is 0 Å². The lowest BCUT2D eigenvalue weighted by molar-refractivity contribution is -0.0897. The van der Waals surface area contributed by atoms with E-state index in [2.05, 4.69) is 45.9 Å². The van der Waals surface area contributed by atoms with Gasteiger partial charge in [0.1, 0.15) is 0 Å². The first-order chi connectivity index (χ1) is 9.48. The third kappa shape index (κ3) is 3.07. The van der Waals surface area contributed by atoms with E-state index in [-0.39, 0.29) is 11.6 Å². The molecule has 1 aliphatic carbocycles. The Balaban J connectivity index is 2.28. The van der Waals surface area contributed by atoms with E-state index in [1.807, 2.05) is 0 Å². The average molecular weight is 275 g/mol. The molecule has 1 aromatic carbocycles. The summed E-state index contributed by atoms with van der Waals surface area (Å²) in [5.41, 5.74) is 10.3. The summed E-state index contributed by atoms with van der Waals surface area (Å²) in [6.45, 7) is 9.44. The largest absolute Gasteiger partial charge is 0.373 e. The molecule has 0 heterocycles. The summed E-state index contributed by atoms with van der Waals surface area (Å²) in [6.07, 6.45) is 4.60. The van der Waals surface area contributed by atoms with Gasteiger partial charge < -0.3 is 10.5 Å². The zero-order valence-electron chi connectivity index (χ0n) is 13.4. The molecule has 112 valence electrons. The Morgan fingerprint density at radius 2 is 1.95 bits per heavy atom. The highest BCUT2D eigenvalue weighted by atomic mass is 16.5. The Morgan fingerprint density at radius 3 is 2.50 bits per heavy atom. The minimum Gasteiger partial charge on any atom is -0.373 e. The van der Waals surface area contributed by atoms with Crippen molar-refractivity contribution in [1.82, 2.24) is 0 Å². The van der Waals surface area contributed by atoms with Crippen LogP contribution in [0.5, 0.6) is 0 Å². The van der Waals surface area contributed by atoms with Crippen LogP contribution in [0.3, 0.4) is 0 Å². The van der Waals surface area contributed by atoms with Crippen LogP contribution in [0.2, 0.25) is 0 Å². The molecule has 2 heteroatoms. The monoisotopic (exact) mass is 275 g/mol. The molecule has 1 aromatic rings. The number of rotatable bonds is 4. The number of ether oxygens (including phenoxy) is 1. The van der Waals surface area contributed by atoms with E-state index in [1.165, 1.54) is 29.5 Å². The van der Waals surface area contributed by atoms with Crippen molar-refractivity contribution in [3.63, 3.8) is 0 Å². The topological polar surface area (TPSA) is 35.2 Å². The third-order valence-corrected chi connectivity index (χ3v) is 4.88. The Kier molecular flexibility index (Phi) is 4.87. The summed E-state index contributed by atoms with van der Waals surface area (Å²) in [5, 5.41) is 0. The van der Waals surface area contributed by atoms with E-state index in [9.17, 15) is 0 Å². The fourth-order valence-corrected chi connectivity index (χ4v) is 3.54. The first-order valence-electron chi connectivity index (χ1n) is 7.95. The van der Waals surface area contributed by atoms with Crippen molar-refractivity contribution >= 4 is 0 Å². The van der Waals surface area contributed by atoms with E-state index in [0.717, 1.165) is 25.4 Å². The predicted molar refractivity (Wildman–Crippen MR) is 84.8 cm³/mol. The minimum atomic E-state index is -0.165. The predicted octanol–water partition coefficient (Wildman–Crippen LogP) is 4.29. The van der Waals surface area contributed by atoms with Gasteiger partial charge in [-0.1, -0.05) is 30.7 Å². The fraction of sp³-hybridized carbons (Fsp3) is 0.667. The molecule has 0 bridgehead atoms. The van der Waals surface area contributed by atoms with E-state index in [1.54, 1.807) is 0 Å². The van der Waals surface area contributed by atoms with Gasteiger partial charge in [-0.25, -0.2) is 0 Å². The summed E-state index contributed by atoms with van der Waals surface area (Å²) >= 11 is 0. The van der Waals surface area contributed by atoms with Gasteiger partial charge >= 0.3 is 0 Å². The maximum Gasteiger partial charge on any atom is 0.0874 e. The highest BCUT2D eigenvalue weighted by Gasteiger charge is 2.41. The zero-order valence-corrected chi connectivity index (χ0v) is 13.4. The fourth-order valence-electron chi connectivity index (χ4n) is 3.54. The standard InChI is InChI=1S/C18H29NO/c1-5-20-18(10-8-13(2)9-11-18)17(19)16-7-6-14(3)12-15(16)4/h6-7,12-13,17H,5,8-11,19H2,1-4H3. The molecule has 2 rings (SSSR count). The van der Waals surface area contributed by atoms with Gasteiger partial charge in [-0.15, -0.1) is 0 Å².